The van der Waals surface area contributed by atoms with Gasteiger partial charge in [0.2, 0.25) is 5.95 Å². The lowest BCUT2D eigenvalue weighted by molar-refractivity contribution is 0.635. The smallest absolute Gasteiger partial charge is 0.209 e. The molecule has 3 aromatic rings. The fraction of sp³-hybridized carbons (Fsp3) is 0.294. The van der Waals surface area contributed by atoms with Crippen molar-refractivity contribution >= 4 is 34.8 Å². The van der Waals surface area contributed by atoms with Gasteiger partial charge in [-0.2, -0.15) is 0 Å². The van der Waals surface area contributed by atoms with Gasteiger partial charge in [-0.3, -0.25) is 13.2 Å². The third kappa shape index (κ3) is 5.27. The van der Waals surface area contributed by atoms with Crippen molar-refractivity contribution in [3.63, 3.8) is 0 Å². The molecule has 3 N–H and O–H groups in total. The van der Waals surface area contributed by atoms with Gasteiger partial charge >= 0.3 is 0 Å². The summed E-state index contributed by atoms with van der Waals surface area (Å²) < 4.78 is 20.9. The van der Waals surface area contributed by atoms with Gasteiger partial charge in [0.1, 0.15) is 5.65 Å². The topological polar surface area (TPSA) is 68.2 Å². The Hall–Kier alpha value is -1.96. The molecule has 2 aromatic heterocycles. The molecule has 9 heteroatoms. The van der Waals surface area contributed by atoms with E-state index in [1.165, 1.54) is 0 Å². The van der Waals surface area contributed by atoms with Crippen LogP contribution in [0.4, 0.5) is 14.7 Å². The molecule has 0 aliphatic heterocycles. The number of halogens is 4. The van der Waals surface area contributed by atoms with Gasteiger partial charge in [0, 0.05) is 41.6 Å². The maximum absolute atomic E-state index is 9.50. The van der Waals surface area contributed by atoms with Crippen LogP contribution in [-0.4, -0.2) is 41.3 Å². The lowest BCUT2D eigenvalue weighted by Gasteiger charge is -2.15. The molecule has 0 aliphatic rings. The SMILES string of the molecule is CC(CN)Nc1nc(-c2ccc(Cl)cc2Cl)cc2nccn12.CF.CF. The number of fused-ring (bicyclic) bond motifs is 1. The van der Waals surface area contributed by atoms with E-state index in [1.807, 2.05) is 29.7 Å². The summed E-state index contributed by atoms with van der Waals surface area (Å²) in [7, 11) is 1.00. The van der Waals surface area contributed by atoms with E-state index in [0.717, 1.165) is 16.9 Å². The Morgan fingerprint density at radius 2 is 1.88 bits per heavy atom. The van der Waals surface area contributed by atoms with E-state index >= 15 is 0 Å². The highest BCUT2D eigenvalue weighted by Crippen LogP contribution is 2.30. The average molecular weight is 404 g/mol. The van der Waals surface area contributed by atoms with E-state index in [-0.39, 0.29) is 6.04 Å². The van der Waals surface area contributed by atoms with Gasteiger partial charge < -0.3 is 11.1 Å². The number of alkyl halides is 2. The molecule has 1 unspecified atom stereocenters. The van der Waals surface area contributed by atoms with Crippen molar-refractivity contribution in [3.05, 3.63) is 46.7 Å². The summed E-state index contributed by atoms with van der Waals surface area (Å²) in [5.74, 6) is 0.675. The summed E-state index contributed by atoms with van der Waals surface area (Å²) in [6, 6.07) is 7.31. The molecular formula is C17H21Cl2F2N5. The first-order chi connectivity index (χ1) is 12.6. The van der Waals surface area contributed by atoms with E-state index in [4.69, 9.17) is 28.9 Å². The summed E-state index contributed by atoms with van der Waals surface area (Å²) in [5.41, 5.74) is 7.99. The number of nitrogens with zero attached hydrogens (tertiary/aromatic N) is 3. The van der Waals surface area contributed by atoms with Gasteiger partial charge in [-0.1, -0.05) is 23.2 Å². The highest BCUT2D eigenvalue weighted by Gasteiger charge is 2.12. The van der Waals surface area contributed by atoms with Crippen LogP contribution in [0.5, 0.6) is 0 Å². The Morgan fingerprint density at radius 3 is 2.50 bits per heavy atom. The van der Waals surface area contributed by atoms with Gasteiger partial charge in [-0.05, 0) is 25.1 Å². The molecule has 3 rings (SSSR count). The molecule has 26 heavy (non-hydrogen) atoms. The van der Waals surface area contributed by atoms with E-state index in [9.17, 15) is 8.78 Å². The van der Waals surface area contributed by atoms with Crippen LogP contribution in [-0.2, 0) is 0 Å². The number of hydrogen-bond donors (Lipinski definition) is 2. The van der Waals surface area contributed by atoms with Crippen LogP contribution in [0.3, 0.4) is 0 Å². The summed E-state index contributed by atoms with van der Waals surface area (Å²) in [4.78, 5) is 8.98. The summed E-state index contributed by atoms with van der Waals surface area (Å²) in [6.07, 6.45) is 3.57. The number of nitrogens with two attached hydrogens (primary N) is 1. The molecule has 142 valence electrons. The van der Waals surface area contributed by atoms with Crippen molar-refractivity contribution < 1.29 is 8.78 Å². The van der Waals surface area contributed by atoms with Crippen molar-refractivity contribution in [2.45, 2.75) is 13.0 Å². The molecule has 0 fully saturated rings. The minimum Gasteiger partial charge on any atom is -0.352 e. The first-order valence-electron chi connectivity index (χ1n) is 7.60. The minimum atomic E-state index is 0.0917. The second kappa shape index (κ2) is 10.9. The first kappa shape index (κ1) is 22.1. The Balaban J connectivity index is 0.000000791. The average Bonchev–Trinajstić information content (AvgIpc) is 3.14. The number of anilines is 1. The largest absolute Gasteiger partial charge is 0.352 e. The number of aromatic nitrogens is 3. The Bertz CT molecular complexity index is 826. The summed E-state index contributed by atoms with van der Waals surface area (Å²) >= 11 is 12.2. The highest BCUT2D eigenvalue weighted by molar-refractivity contribution is 6.36. The Morgan fingerprint density at radius 1 is 1.19 bits per heavy atom. The standard InChI is InChI=1S/C15H15Cl2N5.2CH3F/c1-9(8-18)20-15-21-13(7-14-19-4-5-22(14)15)11-3-2-10(16)6-12(11)17;2*1-2/h2-7,9H,8,18H2,1H3,(H,20,21);2*1H3. The fourth-order valence-electron chi connectivity index (χ4n) is 2.14. The van der Waals surface area contributed by atoms with Gasteiger partial charge in [0.15, 0.2) is 0 Å². The van der Waals surface area contributed by atoms with Crippen LogP contribution in [0.1, 0.15) is 6.92 Å². The van der Waals surface area contributed by atoms with Crippen LogP contribution in [0, 0.1) is 0 Å². The number of rotatable bonds is 4. The number of nitrogens with one attached hydrogen (secondary N) is 1. The van der Waals surface area contributed by atoms with Crippen LogP contribution in [0.2, 0.25) is 10.0 Å². The summed E-state index contributed by atoms with van der Waals surface area (Å²) in [5, 5.41) is 4.42. The molecule has 0 radical (unpaired) electrons. The van der Waals surface area contributed by atoms with Crippen LogP contribution in [0.15, 0.2) is 36.7 Å². The second-order valence-electron chi connectivity index (χ2n) is 5.03. The van der Waals surface area contributed by atoms with E-state index in [0.29, 0.717) is 36.9 Å². The number of hydrogen-bond acceptors (Lipinski definition) is 4. The van der Waals surface area contributed by atoms with Crippen molar-refractivity contribution in [2.75, 3.05) is 26.2 Å². The van der Waals surface area contributed by atoms with Crippen LogP contribution in [0.25, 0.3) is 16.9 Å². The number of benzene rings is 1. The zero-order valence-electron chi connectivity index (χ0n) is 14.7. The molecule has 0 saturated heterocycles. The van der Waals surface area contributed by atoms with Gasteiger partial charge in [-0.25, -0.2) is 9.97 Å². The maximum atomic E-state index is 9.50. The molecule has 5 nitrogen and oxygen atoms in total. The lowest BCUT2D eigenvalue weighted by atomic mass is 10.1. The van der Waals surface area contributed by atoms with E-state index < -0.39 is 0 Å². The molecule has 1 atom stereocenters. The van der Waals surface area contributed by atoms with Crippen LogP contribution < -0.4 is 11.1 Å². The van der Waals surface area contributed by atoms with Gasteiger partial charge in [0.05, 0.1) is 25.1 Å². The predicted molar refractivity (Wildman–Crippen MR) is 105 cm³/mol. The Kier molecular flexibility index (Phi) is 9.26. The zero-order chi connectivity index (χ0) is 19.7. The van der Waals surface area contributed by atoms with E-state index in [1.54, 1.807) is 18.3 Å². The molecule has 0 aliphatic carbocycles. The third-order valence-corrected chi connectivity index (χ3v) is 3.87. The Labute approximate surface area is 161 Å². The van der Waals surface area contributed by atoms with Gasteiger partial charge in [0.25, 0.3) is 0 Å². The molecule has 0 spiro atoms. The minimum absolute atomic E-state index is 0.0917. The zero-order valence-corrected chi connectivity index (χ0v) is 16.2. The van der Waals surface area contributed by atoms with Crippen LogP contribution >= 0.6 is 23.2 Å². The maximum Gasteiger partial charge on any atom is 0.209 e. The fourth-order valence-corrected chi connectivity index (χ4v) is 2.64. The molecule has 0 amide bonds. The number of imidazole rings is 1. The first-order valence-corrected chi connectivity index (χ1v) is 8.36. The molecule has 0 bridgehead atoms. The molecule has 0 saturated carbocycles. The molecule has 1 aromatic carbocycles. The van der Waals surface area contributed by atoms with Crippen molar-refractivity contribution in [2.24, 2.45) is 5.73 Å². The normalized spacial score (nSPS) is 11.1. The third-order valence-electron chi connectivity index (χ3n) is 3.33. The van der Waals surface area contributed by atoms with Crippen molar-refractivity contribution in [1.82, 2.24) is 14.4 Å². The monoisotopic (exact) mass is 403 g/mol. The molecule has 2 heterocycles. The van der Waals surface area contributed by atoms with E-state index in [2.05, 4.69) is 15.3 Å². The summed E-state index contributed by atoms with van der Waals surface area (Å²) in [6.45, 7) is 2.50. The van der Waals surface area contributed by atoms with Crippen molar-refractivity contribution in [1.29, 1.82) is 0 Å². The van der Waals surface area contributed by atoms with Crippen molar-refractivity contribution in [3.8, 4) is 11.3 Å². The van der Waals surface area contributed by atoms with Gasteiger partial charge in [-0.15, -0.1) is 0 Å². The highest BCUT2D eigenvalue weighted by atomic mass is 35.5. The lowest BCUT2D eigenvalue weighted by Crippen LogP contribution is -2.26. The molecular weight excluding hydrogens is 383 g/mol. The second-order valence-corrected chi connectivity index (χ2v) is 5.87. The predicted octanol–water partition coefficient (Wildman–Crippen LogP) is 4.63. The quantitative estimate of drug-likeness (QED) is 0.665.